The van der Waals surface area contributed by atoms with Crippen LogP contribution in [0.1, 0.15) is 20.8 Å². The summed E-state index contributed by atoms with van der Waals surface area (Å²) in [5.41, 5.74) is 5.93. The standard InChI is InChI=1S/C12H19ClN2O2S/c1-4-15(8-9(2)3)18(16,17)12-10(13)6-5-7-11(12)14/h5-7,9H,4,8,14H2,1-3H3. The van der Waals surface area contributed by atoms with E-state index in [0.717, 1.165) is 0 Å². The van der Waals surface area contributed by atoms with Crippen molar-refractivity contribution in [2.45, 2.75) is 25.7 Å². The minimum absolute atomic E-state index is 0.00849. The number of sulfonamides is 1. The Kier molecular flexibility index (Phi) is 5.01. The number of nitrogens with two attached hydrogens (primary N) is 1. The number of halogens is 1. The van der Waals surface area contributed by atoms with Gasteiger partial charge in [-0.15, -0.1) is 0 Å². The summed E-state index contributed by atoms with van der Waals surface area (Å²) in [6.45, 7) is 6.57. The molecule has 0 aromatic heterocycles. The van der Waals surface area contributed by atoms with Gasteiger partial charge in [-0.3, -0.25) is 0 Å². The van der Waals surface area contributed by atoms with Gasteiger partial charge in [0.15, 0.2) is 0 Å². The molecule has 18 heavy (non-hydrogen) atoms. The van der Waals surface area contributed by atoms with Crippen LogP contribution >= 0.6 is 11.6 Å². The second-order valence-electron chi connectivity index (χ2n) is 4.51. The molecule has 0 aliphatic rings. The van der Waals surface area contributed by atoms with Gasteiger partial charge in [-0.05, 0) is 18.1 Å². The van der Waals surface area contributed by atoms with Crippen molar-refractivity contribution in [3.8, 4) is 0 Å². The van der Waals surface area contributed by atoms with Crippen LogP contribution in [0, 0.1) is 5.92 Å². The Morgan fingerprint density at radius 3 is 2.44 bits per heavy atom. The molecule has 0 atom stereocenters. The zero-order valence-corrected chi connectivity index (χ0v) is 12.4. The first-order chi connectivity index (χ1) is 8.30. The fraction of sp³-hybridized carbons (Fsp3) is 0.500. The molecule has 0 fully saturated rings. The normalized spacial score (nSPS) is 12.3. The van der Waals surface area contributed by atoms with Crippen molar-refractivity contribution in [3.05, 3.63) is 23.2 Å². The third kappa shape index (κ3) is 3.16. The molecule has 4 nitrogen and oxygen atoms in total. The fourth-order valence-corrected chi connectivity index (χ4v) is 3.98. The Labute approximate surface area is 114 Å². The lowest BCUT2D eigenvalue weighted by atomic mass is 10.2. The number of nitrogens with zero attached hydrogens (tertiary/aromatic N) is 1. The van der Waals surface area contributed by atoms with Crippen molar-refractivity contribution >= 4 is 27.3 Å². The van der Waals surface area contributed by atoms with E-state index in [1.54, 1.807) is 19.1 Å². The third-order valence-corrected chi connectivity index (χ3v) is 5.00. The van der Waals surface area contributed by atoms with E-state index < -0.39 is 10.0 Å². The Morgan fingerprint density at radius 2 is 2.00 bits per heavy atom. The van der Waals surface area contributed by atoms with Gasteiger partial charge in [-0.1, -0.05) is 38.4 Å². The van der Waals surface area contributed by atoms with E-state index in [-0.39, 0.29) is 21.5 Å². The Hall–Kier alpha value is -0.780. The molecule has 0 radical (unpaired) electrons. The summed E-state index contributed by atoms with van der Waals surface area (Å²) in [5.74, 6) is 0.239. The second-order valence-corrected chi connectivity index (χ2v) is 6.79. The van der Waals surface area contributed by atoms with Crippen LogP contribution in [0.4, 0.5) is 5.69 Å². The van der Waals surface area contributed by atoms with E-state index in [1.807, 2.05) is 13.8 Å². The zero-order chi connectivity index (χ0) is 13.9. The third-order valence-electron chi connectivity index (χ3n) is 2.52. The molecule has 0 spiro atoms. The van der Waals surface area contributed by atoms with Crippen LogP contribution in [0.5, 0.6) is 0 Å². The summed E-state index contributed by atoms with van der Waals surface area (Å²) in [5, 5.41) is 0.164. The predicted molar refractivity (Wildman–Crippen MR) is 75.1 cm³/mol. The molecule has 0 saturated heterocycles. The van der Waals surface area contributed by atoms with E-state index in [9.17, 15) is 8.42 Å². The molecule has 6 heteroatoms. The van der Waals surface area contributed by atoms with E-state index in [4.69, 9.17) is 17.3 Å². The lowest BCUT2D eigenvalue weighted by Gasteiger charge is -2.23. The zero-order valence-electron chi connectivity index (χ0n) is 10.9. The van der Waals surface area contributed by atoms with Crippen molar-refractivity contribution in [1.29, 1.82) is 0 Å². The molecule has 0 aliphatic carbocycles. The van der Waals surface area contributed by atoms with Gasteiger partial charge in [-0.2, -0.15) is 4.31 Å². The molecule has 0 aliphatic heterocycles. The number of hydrogen-bond donors (Lipinski definition) is 1. The summed E-state index contributed by atoms with van der Waals surface area (Å²) in [6, 6.07) is 4.71. The molecular formula is C12H19ClN2O2S. The first kappa shape index (κ1) is 15.3. The number of benzene rings is 1. The van der Waals surface area contributed by atoms with Crippen molar-refractivity contribution in [2.24, 2.45) is 5.92 Å². The minimum Gasteiger partial charge on any atom is -0.398 e. The molecule has 102 valence electrons. The van der Waals surface area contributed by atoms with Gasteiger partial charge in [0.25, 0.3) is 0 Å². The quantitative estimate of drug-likeness (QED) is 0.848. The predicted octanol–water partition coefficient (Wildman–Crippen LogP) is 2.59. The second kappa shape index (κ2) is 5.91. The fourth-order valence-electron chi connectivity index (χ4n) is 1.73. The van der Waals surface area contributed by atoms with Crippen LogP contribution in [-0.2, 0) is 10.0 Å². The summed E-state index contributed by atoms with van der Waals surface area (Å²) in [6.07, 6.45) is 0. The topological polar surface area (TPSA) is 63.4 Å². The van der Waals surface area contributed by atoms with Crippen LogP contribution in [-0.4, -0.2) is 25.8 Å². The largest absolute Gasteiger partial charge is 0.398 e. The van der Waals surface area contributed by atoms with Crippen molar-refractivity contribution in [2.75, 3.05) is 18.8 Å². The number of anilines is 1. The Morgan fingerprint density at radius 1 is 1.39 bits per heavy atom. The average Bonchev–Trinajstić information content (AvgIpc) is 2.24. The van der Waals surface area contributed by atoms with Crippen LogP contribution < -0.4 is 5.73 Å². The lowest BCUT2D eigenvalue weighted by Crippen LogP contribution is -2.34. The molecule has 1 aromatic rings. The Balaban J connectivity index is 3.28. The molecule has 1 aromatic carbocycles. The first-order valence-corrected chi connectivity index (χ1v) is 7.66. The van der Waals surface area contributed by atoms with Crippen LogP contribution in [0.15, 0.2) is 23.1 Å². The van der Waals surface area contributed by atoms with Gasteiger partial charge < -0.3 is 5.73 Å². The lowest BCUT2D eigenvalue weighted by molar-refractivity contribution is 0.381. The van der Waals surface area contributed by atoms with Gasteiger partial charge in [0.2, 0.25) is 10.0 Å². The highest BCUT2D eigenvalue weighted by molar-refractivity contribution is 7.89. The number of nitrogen functional groups attached to an aromatic ring is 1. The molecule has 1 rings (SSSR count). The summed E-state index contributed by atoms with van der Waals surface area (Å²) in [4.78, 5) is 0.00849. The summed E-state index contributed by atoms with van der Waals surface area (Å²) < 4.78 is 26.4. The monoisotopic (exact) mass is 290 g/mol. The highest BCUT2D eigenvalue weighted by atomic mass is 35.5. The molecular weight excluding hydrogens is 272 g/mol. The Bertz CT molecular complexity index is 495. The molecule has 2 N–H and O–H groups in total. The van der Waals surface area contributed by atoms with Gasteiger partial charge >= 0.3 is 0 Å². The van der Waals surface area contributed by atoms with Gasteiger partial charge in [-0.25, -0.2) is 8.42 Å². The molecule has 0 bridgehead atoms. The van der Waals surface area contributed by atoms with Crippen molar-refractivity contribution in [3.63, 3.8) is 0 Å². The van der Waals surface area contributed by atoms with Crippen LogP contribution in [0.2, 0.25) is 5.02 Å². The van der Waals surface area contributed by atoms with E-state index in [2.05, 4.69) is 0 Å². The SMILES string of the molecule is CCN(CC(C)C)S(=O)(=O)c1c(N)cccc1Cl. The van der Waals surface area contributed by atoms with E-state index in [0.29, 0.717) is 13.1 Å². The van der Waals surface area contributed by atoms with Crippen molar-refractivity contribution < 1.29 is 8.42 Å². The van der Waals surface area contributed by atoms with Crippen LogP contribution in [0.3, 0.4) is 0 Å². The van der Waals surface area contributed by atoms with E-state index >= 15 is 0 Å². The van der Waals surface area contributed by atoms with Crippen molar-refractivity contribution in [1.82, 2.24) is 4.31 Å². The van der Waals surface area contributed by atoms with Gasteiger partial charge in [0, 0.05) is 13.1 Å². The summed E-state index contributed by atoms with van der Waals surface area (Å²) in [7, 11) is -3.63. The van der Waals surface area contributed by atoms with Gasteiger partial charge in [0.05, 0.1) is 10.7 Å². The minimum atomic E-state index is -3.63. The molecule has 0 amide bonds. The highest BCUT2D eigenvalue weighted by Crippen LogP contribution is 2.30. The maximum absolute atomic E-state index is 12.5. The maximum Gasteiger partial charge on any atom is 0.246 e. The molecule has 0 unspecified atom stereocenters. The first-order valence-electron chi connectivity index (χ1n) is 5.84. The average molecular weight is 291 g/mol. The number of rotatable bonds is 5. The van der Waals surface area contributed by atoms with Crippen LogP contribution in [0.25, 0.3) is 0 Å². The van der Waals surface area contributed by atoms with E-state index in [1.165, 1.54) is 10.4 Å². The molecule has 0 saturated carbocycles. The number of hydrogen-bond acceptors (Lipinski definition) is 3. The highest BCUT2D eigenvalue weighted by Gasteiger charge is 2.28. The van der Waals surface area contributed by atoms with Gasteiger partial charge in [0.1, 0.15) is 4.90 Å². The maximum atomic E-state index is 12.5. The summed E-state index contributed by atoms with van der Waals surface area (Å²) >= 11 is 5.97. The smallest absolute Gasteiger partial charge is 0.246 e. The molecule has 0 heterocycles.